The van der Waals surface area contributed by atoms with Gasteiger partial charge < -0.3 is 14.0 Å². The Hall–Kier alpha value is -0.723. The number of hydrogen-bond acceptors (Lipinski definition) is 7. The molecule has 0 N–H and O–H groups in total. The minimum absolute atomic E-state index is 0. The molecule has 0 fully saturated rings. The Labute approximate surface area is 294 Å². The van der Waals surface area contributed by atoms with Crippen LogP contribution in [0.3, 0.4) is 0 Å². The van der Waals surface area contributed by atoms with Crippen molar-refractivity contribution in [2.45, 2.75) is 137 Å². The molecule has 0 aliphatic heterocycles. The van der Waals surface area contributed by atoms with Gasteiger partial charge in [0.1, 0.15) is 12.4 Å². The predicted octanol–water partition coefficient (Wildman–Crippen LogP) is 9.49. The third-order valence-electron chi connectivity index (χ3n) is 8.33. The summed E-state index contributed by atoms with van der Waals surface area (Å²) in [6.45, 7) is 24.2. The molecule has 254 valence electrons. The van der Waals surface area contributed by atoms with Crippen molar-refractivity contribution < 1.29 is 23.5 Å². The Morgan fingerprint density at radius 2 is 1.70 bits per heavy atom. The number of esters is 1. The zero-order valence-corrected chi connectivity index (χ0v) is 34.3. The molecule has 1 aromatic rings. The Bertz CT molecular complexity index is 1120. The lowest BCUT2D eigenvalue weighted by Gasteiger charge is -2.43. The molecule has 0 aliphatic rings. The molecule has 6 nitrogen and oxygen atoms in total. The van der Waals surface area contributed by atoms with Gasteiger partial charge in [0.05, 0.1) is 28.1 Å². The fourth-order valence-electron chi connectivity index (χ4n) is 4.29. The molecule has 44 heavy (non-hydrogen) atoms. The monoisotopic (exact) mass is 751 g/mol. The van der Waals surface area contributed by atoms with Crippen molar-refractivity contribution in [3.8, 4) is 0 Å². The number of ketones is 1. The van der Waals surface area contributed by atoms with Crippen molar-refractivity contribution in [1.82, 2.24) is 4.98 Å². The molecule has 1 rings (SSSR count). The third-order valence-corrected chi connectivity index (χ3v) is 14.0. The first-order valence-electron chi connectivity index (χ1n) is 15.0. The highest BCUT2D eigenvalue weighted by atomic mass is 79.9. The number of rotatable bonds is 17. The molecule has 0 aliphatic carbocycles. The van der Waals surface area contributed by atoms with Gasteiger partial charge in [-0.2, -0.15) is 27.0 Å². The largest absolute Gasteiger partial charge is 0.457 e. The molecule has 0 bridgehead atoms. The second kappa shape index (κ2) is 19.8. The fourth-order valence-corrected chi connectivity index (χ4v) is 6.89. The van der Waals surface area contributed by atoms with Crippen molar-refractivity contribution in [1.29, 1.82) is 0 Å². The number of allylic oxidation sites excluding steroid dienone is 1. The number of hydrogen-bond donors (Lipinski definition) is 0. The van der Waals surface area contributed by atoms with Gasteiger partial charge in [0.25, 0.3) is 0 Å². The van der Waals surface area contributed by atoms with E-state index in [9.17, 15) is 14.4 Å². The molecule has 0 spiro atoms. The Balaban J connectivity index is 0. The molecular formula is C33H58BrNO5S3Si. The van der Waals surface area contributed by atoms with Crippen LogP contribution in [0.4, 0.5) is 0 Å². The third kappa shape index (κ3) is 14.8. The zero-order valence-electron chi connectivity index (χ0n) is 28.9. The molecule has 0 saturated carbocycles. The number of thiazole rings is 1. The standard InChI is InChI=1S/C33H54BrNO5SSi.2H2S/c1-22(14-13-15-23(2)20-36)16-17-28(24(3)18-27-21-41-26(5)35-27)39-30(37)19-29(33(9,10)31(38)25(4)34)40-42(11,12)32(6,7)8;;/h16,18,20-21,23,25,28-29H,13-15,17,19H2,1-12H3;2*1H2/b22-16-,24-18+;;/t23-,25?,28-,29-;;/m0../s1. The number of aryl methyl sites for hydroxylation is 1. The lowest BCUT2D eigenvalue weighted by atomic mass is 9.79. The van der Waals surface area contributed by atoms with Gasteiger partial charge in [0.15, 0.2) is 14.1 Å². The molecule has 1 unspecified atom stereocenters. The molecule has 1 aromatic heterocycles. The summed E-state index contributed by atoms with van der Waals surface area (Å²) in [6, 6.07) is 0. The molecule has 0 amide bonds. The van der Waals surface area contributed by atoms with E-state index in [2.05, 4.69) is 67.8 Å². The maximum absolute atomic E-state index is 13.6. The molecule has 0 radical (unpaired) electrons. The van der Waals surface area contributed by atoms with Crippen LogP contribution < -0.4 is 0 Å². The van der Waals surface area contributed by atoms with Gasteiger partial charge in [-0.15, -0.1) is 11.3 Å². The molecular weight excluding hydrogens is 695 g/mol. The van der Waals surface area contributed by atoms with Gasteiger partial charge in [-0.05, 0) is 76.7 Å². The topological polar surface area (TPSA) is 82.6 Å². The van der Waals surface area contributed by atoms with E-state index in [-0.39, 0.29) is 60.9 Å². The number of carbonyl (C=O) groups excluding carboxylic acids is 3. The van der Waals surface area contributed by atoms with E-state index in [0.29, 0.717) is 6.42 Å². The van der Waals surface area contributed by atoms with Crippen LogP contribution in [0.25, 0.3) is 6.08 Å². The fraction of sp³-hybridized carbons (Fsp3) is 0.697. The maximum atomic E-state index is 13.6. The number of ether oxygens (including phenoxy) is 1. The summed E-state index contributed by atoms with van der Waals surface area (Å²) in [7, 11) is -2.31. The average Bonchev–Trinajstić information content (AvgIpc) is 3.28. The number of alkyl halides is 1. The first-order valence-corrected chi connectivity index (χ1v) is 19.7. The summed E-state index contributed by atoms with van der Waals surface area (Å²) in [5, 5.41) is 2.88. The van der Waals surface area contributed by atoms with Crippen LogP contribution in [0.1, 0.15) is 105 Å². The van der Waals surface area contributed by atoms with Crippen LogP contribution in [0.2, 0.25) is 18.1 Å². The Morgan fingerprint density at radius 3 is 2.18 bits per heavy atom. The van der Waals surface area contributed by atoms with Crippen molar-refractivity contribution >= 4 is 86.7 Å². The molecule has 11 heteroatoms. The summed E-state index contributed by atoms with van der Waals surface area (Å²) < 4.78 is 12.9. The van der Waals surface area contributed by atoms with Gasteiger partial charge in [-0.1, -0.05) is 69.1 Å². The smallest absolute Gasteiger partial charge is 0.309 e. The van der Waals surface area contributed by atoms with E-state index >= 15 is 0 Å². The average molecular weight is 753 g/mol. The van der Waals surface area contributed by atoms with Crippen molar-refractivity contribution in [3.05, 3.63) is 33.3 Å². The number of nitrogens with zero attached hydrogens (tertiary/aromatic N) is 1. The van der Waals surface area contributed by atoms with E-state index in [1.807, 2.05) is 53.0 Å². The summed E-state index contributed by atoms with van der Waals surface area (Å²) in [6.07, 6.45) is 7.17. The second-order valence-corrected chi connectivity index (χ2v) is 20.9. The second-order valence-electron chi connectivity index (χ2n) is 13.7. The highest BCUT2D eigenvalue weighted by Crippen LogP contribution is 2.41. The first-order chi connectivity index (χ1) is 19.2. The van der Waals surface area contributed by atoms with Crippen LogP contribution in [-0.4, -0.2) is 48.4 Å². The van der Waals surface area contributed by atoms with E-state index < -0.39 is 25.9 Å². The SMILES string of the molecule is C/C(=C/C[C@H](OC(=O)C[C@H](O[Si](C)(C)C(C)(C)C)C(C)(C)C(=O)C(C)Br)/C(C)=C/c1csc(C)n1)CCC[C@H](C)C=O.S.S. The van der Waals surface area contributed by atoms with Gasteiger partial charge in [0, 0.05) is 23.1 Å². The van der Waals surface area contributed by atoms with Crippen LogP contribution in [0.5, 0.6) is 0 Å². The lowest BCUT2D eigenvalue weighted by Crippen LogP contribution is -2.51. The van der Waals surface area contributed by atoms with E-state index in [1.165, 1.54) is 5.57 Å². The lowest BCUT2D eigenvalue weighted by molar-refractivity contribution is -0.152. The normalized spacial score (nSPS) is 15.8. The van der Waals surface area contributed by atoms with Crippen LogP contribution in [-0.2, 0) is 23.5 Å². The highest BCUT2D eigenvalue weighted by Gasteiger charge is 2.47. The summed E-state index contributed by atoms with van der Waals surface area (Å²) in [4.78, 5) is 42.0. The predicted molar refractivity (Wildman–Crippen MR) is 202 cm³/mol. The minimum atomic E-state index is -2.31. The van der Waals surface area contributed by atoms with Gasteiger partial charge in [-0.3, -0.25) is 9.59 Å². The van der Waals surface area contributed by atoms with Gasteiger partial charge in [-0.25, -0.2) is 4.98 Å². The summed E-state index contributed by atoms with van der Waals surface area (Å²) in [5.74, 6) is -0.337. The summed E-state index contributed by atoms with van der Waals surface area (Å²) >= 11 is 5.02. The highest BCUT2D eigenvalue weighted by molar-refractivity contribution is 9.10. The quantitative estimate of drug-likeness (QED) is 0.0519. The zero-order chi connectivity index (χ0) is 32.5. The van der Waals surface area contributed by atoms with E-state index in [1.54, 1.807) is 11.3 Å². The number of aromatic nitrogens is 1. The van der Waals surface area contributed by atoms with Crippen molar-refractivity contribution in [2.24, 2.45) is 11.3 Å². The maximum Gasteiger partial charge on any atom is 0.309 e. The number of halogens is 1. The van der Waals surface area contributed by atoms with E-state index in [0.717, 1.165) is 41.8 Å². The number of carbonyl (C=O) groups is 3. The molecule has 4 atom stereocenters. The van der Waals surface area contributed by atoms with E-state index in [4.69, 9.17) is 9.16 Å². The number of aldehydes is 1. The Kier molecular flexibility index (Phi) is 20.5. The molecule has 1 heterocycles. The van der Waals surface area contributed by atoms with Gasteiger partial charge in [0.2, 0.25) is 0 Å². The molecule has 0 aromatic carbocycles. The first kappa shape index (κ1) is 45.4. The van der Waals surface area contributed by atoms with Crippen molar-refractivity contribution in [2.75, 3.05) is 0 Å². The van der Waals surface area contributed by atoms with Crippen LogP contribution in [0.15, 0.2) is 22.6 Å². The summed E-state index contributed by atoms with van der Waals surface area (Å²) in [5.41, 5.74) is 2.05. The van der Waals surface area contributed by atoms with Crippen LogP contribution in [0, 0.1) is 18.3 Å². The number of Topliss-reactive ketones (excluding diaryl/α,β-unsaturated/α-hetero) is 1. The van der Waals surface area contributed by atoms with Crippen LogP contribution >= 0.6 is 54.3 Å². The minimum Gasteiger partial charge on any atom is -0.457 e. The Morgan fingerprint density at radius 1 is 1.11 bits per heavy atom. The molecule has 0 saturated heterocycles. The van der Waals surface area contributed by atoms with Gasteiger partial charge >= 0.3 is 5.97 Å². The van der Waals surface area contributed by atoms with Crippen molar-refractivity contribution in [3.63, 3.8) is 0 Å².